The molecule has 0 aliphatic heterocycles. The van der Waals surface area contributed by atoms with Gasteiger partial charge in [0.15, 0.2) is 5.69 Å². The Bertz CT molecular complexity index is 365. The maximum atomic E-state index is 11.1. The van der Waals surface area contributed by atoms with E-state index in [9.17, 15) is 4.79 Å². The van der Waals surface area contributed by atoms with Gasteiger partial charge in [-0.25, -0.2) is 14.8 Å². The molecule has 94 valence electrons. The van der Waals surface area contributed by atoms with Gasteiger partial charge < -0.3 is 15.2 Å². The van der Waals surface area contributed by atoms with Crippen molar-refractivity contribution < 1.29 is 14.6 Å². The number of anilines is 1. The van der Waals surface area contributed by atoms with Crippen LogP contribution in [-0.4, -0.2) is 40.8 Å². The lowest BCUT2D eigenvalue weighted by Crippen LogP contribution is -2.29. The molecule has 0 saturated heterocycles. The van der Waals surface area contributed by atoms with Crippen molar-refractivity contribution in [3.8, 4) is 0 Å². The van der Waals surface area contributed by atoms with Crippen molar-refractivity contribution in [2.75, 3.05) is 19.0 Å². The first-order valence-electron chi connectivity index (χ1n) is 5.36. The zero-order chi connectivity index (χ0) is 12.8. The van der Waals surface area contributed by atoms with Crippen LogP contribution >= 0.6 is 0 Å². The second-order valence-electron chi connectivity index (χ2n) is 3.96. The third-order valence-corrected chi connectivity index (χ3v) is 2.38. The monoisotopic (exact) mass is 239 g/mol. The van der Waals surface area contributed by atoms with E-state index in [2.05, 4.69) is 20.0 Å². The molecule has 6 heteroatoms. The third kappa shape index (κ3) is 3.67. The molecule has 1 atom stereocenters. The molecule has 0 saturated carbocycles. The fourth-order valence-corrected chi connectivity index (χ4v) is 1.23. The van der Waals surface area contributed by atoms with Crippen LogP contribution in [0.2, 0.25) is 0 Å². The molecule has 2 N–H and O–H groups in total. The van der Waals surface area contributed by atoms with Crippen molar-refractivity contribution in [2.45, 2.75) is 19.9 Å². The summed E-state index contributed by atoms with van der Waals surface area (Å²) in [6, 6.07) is -0.0896. The van der Waals surface area contributed by atoms with Gasteiger partial charge in [0.25, 0.3) is 0 Å². The van der Waals surface area contributed by atoms with Crippen LogP contribution in [0.3, 0.4) is 0 Å². The molecule has 0 aliphatic carbocycles. The van der Waals surface area contributed by atoms with Crippen molar-refractivity contribution in [3.63, 3.8) is 0 Å². The van der Waals surface area contributed by atoms with Gasteiger partial charge in [0.1, 0.15) is 5.82 Å². The van der Waals surface area contributed by atoms with Crippen molar-refractivity contribution in [1.29, 1.82) is 0 Å². The zero-order valence-electron chi connectivity index (χ0n) is 10.2. The second-order valence-corrected chi connectivity index (χ2v) is 3.96. The molecule has 0 aliphatic rings. The van der Waals surface area contributed by atoms with E-state index in [-0.39, 0.29) is 24.3 Å². The van der Waals surface area contributed by atoms with Crippen molar-refractivity contribution >= 4 is 11.8 Å². The highest BCUT2D eigenvalue weighted by Gasteiger charge is 2.13. The summed E-state index contributed by atoms with van der Waals surface area (Å²) >= 11 is 0. The summed E-state index contributed by atoms with van der Waals surface area (Å²) in [4.78, 5) is 19.1. The van der Waals surface area contributed by atoms with E-state index in [0.717, 1.165) is 0 Å². The molecule has 1 unspecified atom stereocenters. The Balaban J connectivity index is 2.71. The fraction of sp³-hybridized carbons (Fsp3) is 0.545. The molecular weight excluding hydrogens is 222 g/mol. The van der Waals surface area contributed by atoms with Crippen molar-refractivity contribution in [3.05, 3.63) is 18.1 Å². The maximum Gasteiger partial charge on any atom is 0.358 e. The summed E-state index contributed by atoms with van der Waals surface area (Å²) in [6.07, 6.45) is 2.78. The molecule has 17 heavy (non-hydrogen) atoms. The largest absolute Gasteiger partial charge is 0.464 e. The van der Waals surface area contributed by atoms with Gasteiger partial charge in [-0.05, 0) is 5.92 Å². The minimum Gasteiger partial charge on any atom is -0.464 e. The highest BCUT2D eigenvalue weighted by molar-refractivity contribution is 5.86. The number of aliphatic hydroxyl groups excluding tert-OH is 1. The number of hydrogen-bond donors (Lipinski definition) is 2. The number of methoxy groups -OCH3 is 1. The Kier molecular flexibility index (Phi) is 4.84. The molecule has 0 bridgehead atoms. The Morgan fingerprint density at radius 2 is 2.18 bits per heavy atom. The molecule has 0 fully saturated rings. The van der Waals surface area contributed by atoms with Gasteiger partial charge in [-0.15, -0.1) is 0 Å². The first kappa shape index (κ1) is 13.4. The highest BCUT2D eigenvalue weighted by Crippen LogP contribution is 2.09. The number of nitrogens with zero attached hydrogens (tertiary/aromatic N) is 2. The van der Waals surface area contributed by atoms with E-state index >= 15 is 0 Å². The minimum absolute atomic E-state index is 0.0120. The quantitative estimate of drug-likeness (QED) is 0.735. The molecule has 6 nitrogen and oxygen atoms in total. The van der Waals surface area contributed by atoms with E-state index in [1.165, 1.54) is 19.5 Å². The molecule has 1 aromatic rings. The average molecular weight is 239 g/mol. The van der Waals surface area contributed by atoms with E-state index in [1.54, 1.807) is 0 Å². The van der Waals surface area contributed by atoms with E-state index in [0.29, 0.717) is 5.82 Å². The van der Waals surface area contributed by atoms with Gasteiger partial charge in [-0.2, -0.15) is 0 Å². The Labute approximate surface area is 100 Å². The van der Waals surface area contributed by atoms with Crippen LogP contribution in [0, 0.1) is 5.92 Å². The summed E-state index contributed by atoms with van der Waals surface area (Å²) in [5.41, 5.74) is 0.156. The predicted molar refractivity (Wildman–Crippen MR) is 62.7 cm³/mol. The van der Waals surface area contributed by atoms with Gasteiger partial charge in [0.2, 0.25) is 0 Å². The van der Waals surface area contributed by atoms with Gasteiger partial charge in [-0.1, -0.05) is 13.8 Å². The van der Waals surface area contributed by atoms with Crippen molar-refractivity contribution in [2.24, 2.45) is 5.92 Å². The zero-order valence-corrected chi connectivity index (χ0v) is 10.2. The molecular formula is C11H17N3O3. The Morgan fingerprint density at radius 3 is 2.59 bits per heavy atom. The van der Waals surface area contributed by atoms with Crippen LogP contribution in [0.4, 0.5) is 5.82 Å². The lowest BCUT2D eigenvalue weighted by atomic mass is 10.1. The summed E-state index contributed by atoms with van der Waals surface area (Å²) in [6.45, 7) is 3.99. The predicted octanol–water partition coefficient (Wildman–Crippen LogP) is 0.692. The highest BCUT2D eigenvalue weighted by atomic mass is 16.5. The topological polar surface area (TPSA) is 84.3 Å². The van der Waals surface area contributed by atoms with Gasteiger partial charge in [0, 0.05) is 0 Å². The molecule has 0 radical (unpaired) electrons. The number of carbonyl (C=O) groups is 1. The SMILES string of the molecule is COC(=O)c1cnc(NC(CO)C(C)C)cn1. The Morgan fingerprint density at radius 1 is 1.47 bits per heavy atom. The van der Waals surface area contributed by atoms with Crippen LogP contribution < -0.4 is 5.32 Å². The number of aromatic nitrogens is 2. The molecule has 1 aromatic heterocycles. The Hall–Kier alpha value is -1.69. The number of ether oxygens (including phenoxy) is 1. The lowest BCUT2D eigenvalue weighted by molar-refractivity contribution is 0.0593. The van der Waals surface area contributed by atoms with Crippen LogP contribution in [0.15, 0.2) is 12.4 Å². The maximum absolute atomic E-state index is 11.1. The second kappa shape index (κ2) is 6.15. The number of nitrogens with one attached hydrogen (secondary N) is 1. The van der Waals surface area contributed by atoms with Crippen LogP contribution in [-0.2, 0) is 4.74 Å². The van der Waals surface area contributed by atoms with Crippen molar-refractivity contribution in [1.82, 2.24) is 9.97 Å². The molecule has 0 spiro atoms. The average Bonchev–Trinajstić information content (AvgIpc) is 2.35. The molecule has 0 amide bonds. The summed E-state index contributed by atoms with van der Waals surface area (Å²) in [5, 5.41) is 12.2. The number of hydrogen-bond acceptors (Lipinski definition) is 6. The van der Waals surface area contributed by atoms with Crippen LogP contribution in [0.25, 0.3) is 0 Å². The number of esters is 1. The molecule has 0 aromatic carbocycles. The first-order chi connectivity index (χ1) is 8.08. The minimum atomic E-state index is -0.522. The van der Waals surface area contributed by atoms with Gasteiger partial charge in [0.05, 0.1) is 32.2 Å². The first-order valence-corrected chi connectivity index (χ1v) is 5.36. The summed E-state index contributed by atoms with van der Waals surface area (Å²) in [5.74, 6) is 0.263. The van der Waals surface area contributed by atoms with Gasteiger partial charge >= 0.3 is 5.97 Å². The van der Waals surface area contributed by atoms with E-state index in [4.69, 9.17) is 5.11 Å². The molecule has 1 rings (SSSR count). The number of carbonyl (C=O) groups excluding carboxylic acids is 1. The molecule has 1 heterocycles. The lowest BCUT2D eigenvalue weighted by Gasteiger charge is -2.20. The number of rotatable bonds is 5. The smallest absolute Gasteiger partial charge is 0.358 e. The normalized spacial score (nSPS) is 12.3. The van der Waals surface area contributed by atoms with Crippen LogP contribution in [0.1, 0.15) is 24.3 Å². The van der Waals surface area contributed by atoms with Gasteiger partial charge in [-0.3, -0.25) is 0 Å². The summed E-state index contributed by atoms with van der Waals surface area (Å²) < 4.78 is 4.51. The van der Waals surface area contributed by atoms with E-state index < -0.39 is 5.97 Å². The number of aliphatic hydroxyl groups is 1. The standard InChI is InChI=1S/C11H17N3O3/c1-7(2)9(6-15)14-10-5-12-8(4-13-10)11(16)17-3/h4-5,7,9,15H,6H2,1-3H3,(H,13,14). The van der Waals surface area contributed by atoms with E-state index in [1.807, 2.05) is 13.8 Å². The third-order valence-electron chi connectivity index (χ3n) is 2.38. The fourth-order valence-electron chi connectivity index (χ4n) is 1.23. The van der Waals surface area contributed by atoms with Crippen LogP contribution in [0.5, 0.6) is 0 Å². The summed E-state index contributed by atoms with van der Waals surface area (Å²) in [7, 11) is 1.29.